The van der Waals surface area contributed by atoms with Crippen molar-refractivity contribution >= 4 is 17.5 Å². The van der Waals surface area contributed by atoms with E-state index >= 15 is 0 Å². The summed E-state index contributed by atoms with van der Waals surface area (Å²) in [5, 5.41) is 12.8. The van der Waals surface area contributed by atoms with Crippen LogP contribution in [0.4, 0.5) is 10.1 Å². The minimum atomic E-state index is -1.59. The van der Waals surface area contributed by atoms with Crippen LogP contribution < -0.4 is 20.3 Å². The standard InChI is InChI=1S/C29H31FN6O5/c1-39-24-8-4-7-21(18-24)26-29(28(38)35-32-15-14-30,19-22-6-2-3-9-25(22)34-36-31)33-27(41-26)20-10-12-23(13-11-20)40-17-5-16-37/h2-4,6-13,18,26,32,37H,5,14-17,19H2,1H3,(H,35,38)/t26-,29-/m0/s1. The molecule has 1 heterocycles. The Kier molecular flexibility index (Phi) is 10.1. The highest BCUT2D eigenvalue weighted by Gasteiger charge is 2.53. The van der Waals surface area contributed by atoms with Crippen LogP contribution in [0.2, 0.25) is 0 Å². The molecular formula is C29H31FN6O5. The number of nitrogens with zero attached hydrogens (tertiary/aromatic N) is 4. The van der Waals surface area contributed by atoms with Gasteiger partial charge in [-0.3, -0.25) is 10.2 Å². The number of methoxy groups -OCH3 is 1. The highest BCUT2D eigenvalue weighted by Crippen LogP contribution is 2.44. The third-order valence-electron chi connectivity index (χ3n) is 6.45. The van der Waals surface area contributed by atoms with E-state index in [9.17, 15) is 9.18 Å². The summed E-state index contributed by atoms with van der Waals surface area (Å²) in [6.07, 6.45) is -0.427. The molecule has 0 saturated carbocycles. The minimum Gasteiger partial charge on any atom is -0.497 e. The molecule has 12 heteroatoms. The van der Waals surface area contributed by atoms with Gasteiger partial charge < -0.3 is 19.3 Å². The lowest BCUT2D eigenvalue weighted by Crippen LogP contribution is -2.54. The molecule has 0 unspecified atom stereocenters. The van der Waals surface area contributed by atoms with E-state index in [1.165, 1.54) is 7.11 Å². The molecule has 0 spiro atoms. The van der Waals surface area contributed by atoms with Crippen LogP contribution in [-0.2, 0) is 16.0 Å². The molecular weight excluding hydrogens is 531 g/mol. The fraction of sp³-hybridized carbons (Fsp3) is 0.310. The highest BCUT2D eigenvalue weighted by molar-refractivity contribution is 6.01. The lowest BCUT2D eigenvalue weighted by atomic mass is 9.81. The van der Waals surface area contributed by atoms with Crippen LogP contribution in [-0.4, -0.2) is 56.0 Å². The molecule has 3 N–H and O–H groups in total. The number of aliphatic hydroxyl groups excluding tert-OH is 1. The van der Waals surface area contributed by atoms with Crippen molar-refractivity contribution in [1.29, 1.82) is 0 Å². The van der Waals surface area contributed by atoms with Gasteiger partial charge in [0.15, 0.2) is 11.6 Å². The SMILES string of the molecule is COc1cccc([C@@H]2OC(c3ccc(OCCCO)cc3)=N[C@]2(Cc2ccccc2N=[N+]=[N-])C(=O)NNCCF)c1. The van der Waals surface area contributed by atoms with Gasteiger partial charge in [-0.25, -0.2) is 14.8 Å². The molecule has 11 nitrogen and oxygen atoms in total. The molecule has 3 aromatic rings. The first-order valence-corrected chi connectivity index (χ1v) is 13.0. The monoisotopic (exact) mass is 562 g/mol. The largest absolute Gasteiger partial charge is 0.497 e. The normalized spacial score (nSPS) is 17.6. The number of halogens is 1. The Balaban J connectivity index is 1.82. The van der Waals surface area contributed by atoms with Crippen molar-refractivity contribution in [1.82, 2.24) is 10.9 Å². The first-order chi connectivity index (χ1) is 20.0. The summed E-state index contributed by atoms with van der Waals surface area (Å²) in [7, 11) is 1.54. The number of hydrogen-bond acceptors (Lipinski definition) is 8. The summed E-state index contributed by atoms with van der Waals surface area (Å²) in [6, 6.07) is 21.1. The molecule has 0 fully saturated rings. The summed E-state index contributed by atoms with van der Waals surface area (Å²) in [4.78, 5) is 21.8. The topological polar surface area (TPSA) is 150 Å². The summed E-state index contributed by atoms with van der Waals surface area (Å²) in [5.74, 6) is 0.811. The number of hydrazine groups is 1. The molecule has 0 bridgehead atoms. The second-order valence-corrected chi connectivity index (χ2v) is 9.13. The number of aliphatic hydroxyl groups is 1. The number of aliphatic imine (C=N–C) groups is 1. The number of alkyl halides is 1. The molecule has 41 heavy (non-hydrogen) atoms. The van der Waals surface area contributed by atoms with E-state index in [4.69, 9.17) is 29.8 Å². The predicted octanol–water partition coefficient (Wildman–Crippen LogP) is 4.49. The molecule has 0 radical (unpaired) electrons. The van der Waals surface area contributed by atoms with E-state index in [1.54, 1.807) is 72.8 Å². The molecule has 0 aromatic heterocycles. The number of carbonyl (C=O) groups is 1. The summed E-state index contributed by atoms with van der Waals surface area (Å²) >= 11 is 0. The van der Waals surface area contributed by atoms with Crippen LogP contribution in [0, 0.1) is 0 Å². The number of azide groups is 1. The Morgan fingerprint density at radius 1 is 1.17 bits per heavy atom. The quantitative estimate of drug-likeness (QED) is 0.0866. The number of rotatable bonds is 14. The minimum absolute atomic E-state index is 0.000930. The van der Waals surface area contributed by atoms with Crippen molar-refractivity contribution in [2.45, 2.75) is 24.5 Å². The number of carbonyl (C=O) groups excluding carboxylic acids is 1. The first-order valence-electron chi connectivity index (χ1n) is 13.0. The average Bonchev–Trinajstić information content (AvgIpc) is 3.39. The molecule has 1 amide bonds. The lowest BCUT2D eigenvalue weighted by Gasteiger charge is -2.31. The molecule has 1 aliphatic rings. The van der Waals surface area contributed by atoms with Gasteiger partial charge in [-0.05, 0) is 53.1 Å². The maximum atomic E-state index is 14.0. The van der Waals surface area contributed by atoms with Gasteiger partial charge in [-0.2, -0.15) is 0 Å². The zero-order valence-electron chi connectivity index (χ0n) is 22.5. The number of nitrogens with one attached hydrogen (secondary N) is 2. The maximum Gasteiger partial charge on any atom is 0.266 e. The van der Waals surface area contributed by atoms with Crippen LogP contribution in [0.15, 0.2) is 82.9 Å². The van der Waals surface area contributed by atoms with Gasteiger partial charge in [-0.15, -0.1) is 0 Å². The van der Waals surface area contributed by atoms with Gasteiger partial charge in [0.05, 0.1) is 13.7 Å². The van der Waals surface area contributed by atoms with Gasteiger partial charge >= 0.3 is 0 Å². The first kappa shape index (κ1) is 29.3. The van der Waals surface area contributed by atoms with Gasteiger partial charge in [-0.1, -0.05) is 41.5 Å². The van der Waals surface area contributed by atoms with Gasteiger partial charge in [0.1, 0.15) is 18.2 Å². The molecule has 0 aliphatic carbocycles. The Morgan fingerprint density at radius 3 is 2.71 bits per heavy atom. The van der Waals surface area contributed by atoms with Crippen molar-refractivity contribution in [3.63, 3.8) is 0 Å². The van der Waals surface area contributed by atoms with E-state index in [1.807, 2.05) is 0 Å². The number of benzene rings is 3. The van der Waals surface area contributed by atoms with Crippen molar-refractivity contribution in [2.75, 3.05) is 33.5 Å². The smallest absolute Gasteiger partial charge is 0.266 e. The van der Waals surface area contributed by atoms with Crippen LogP contribution in [0.25, 0.3) is 10.4 Å². The summed E-state index contributed by atoms with van der Waals surface area (Å²) in [6.45, 7) is -0.396. The lowest BCUT2D eigenvalue weighted by molar-refractivity contribution is -0.130. The average molecular weight is 563 g/mol. The zero-order valence-corrected chi connectivity index (χ0v) is 22.5. The predicted molar refractivity (Wildman–Crippen MR) is 151 cm³/mol. The van der Waals surface area contributed by atoms with Crippen LogP contribution >= 0.6 is 0 Å². The van der Waals surface area contributed by atoms with Gasteiger partial charge in [0.2, 0.25) is 5.90 Å². The van der Waals surface area contributed by atoms with Crippen molar-refractivity contribution in [2.24, 2.45) is 10.1 Å². The molecule has 1 aliphatic heterocycles. The van der Waals surface area contributed by atoms with E-state index in [-0.39, 0.29) is 25.5 Å². The summed E-state index contributed by atoms with van der Waals surface area (Å²) < 4.78 is 30.4. The van der Waals surface area contributed by atoms with Crippen molar-refractivity contribution in [3.05, 3.63) is 99.9 Å². The van der Waals surface area contributed by atoms with Crippen molar-refractivity contribution in [3.8, 4) is 11.5 Å². The van der Waals surface area contributed by atoms with E-state index in [0.717, 1.165) is 0 Å². The van der Waals surface area contributed by atoms with Gasteiger partial charge in [0, 0.05) is 42.2 Å². The third kappa shape index (κ3) is 6.93. The molecule has 0 saturated heterocycles. The van der Waals surface area contributed by atoms with Gasteiger partial charge in [0.25, 0.3) is 5.91 Å². The molecule has 2 atom stereocenters. The number of hydrogen-bond donors (Lipinski definition) is 3. The van der Waals surface area contributed by atoms with Crippen molar-refractivity contribution < 1.29 is 28.5 Å². The Morgan fingerprint density at radius 2 is 1.98 bits per heavy atom. The molecule has 4 rings (SSSR count). The second kappa shape index (κ2) is 14.1. The highest BCUT2D eigenvalue weighted by atomic mass is 19.1. The maximum absolute atomic E-state index is 14.0. The Labute approximate surface area is 236 Å². The molecule has 3 aromatic carbocycles. The van der Waals surface area contributed by atoms with Crippen LogP contribution in [0.3, 0.4) is 0 Å². The van der Waals surface area contributed by atoms with E-state index < -0.39 is 24.2 Å². The fourth-order valence-corrected chi connectivity index (χ4v) is 4.48. The molecule has 214 valence electrons. The van der Waals surface area contributed by atoms with Crippen LogP contribution in [0.5, 0.6) is 11.5 Å². The second-order valence-electron chi connectivity index (χ2n) is 9.13. The van der Waals surface area contributed by atoms with E-state index in [0.29, 0.717) is 46.9 Å². The Hall–Kier alpha value is -4.64. The Bertz CT molecular complexity index is 1410. The van der Waals surface area contributed by atoms with Crippen LogP contribution in [0.1, 0.15) is 29.2 Å². The number of ether oxygens (including phenoxy) is 3. The summed E-state index contributed by atoms with van der Waals surface area (Å²) in [5.41, 5.74) is 14.9. The van der Waals surface area contributed by atoms with E-state index in [2.05, 4.69) is 20.9 Å². The fourth-order valence-electron chi connectivity index (χ4n) is 4.48. The zero-order chi connectivity index (χ0) is 29.1. The third-order valence-corrected chi connectivity index (χ3v) is 6.45. The number of amides is 1.